The number of benzene rings is 1. The van der Waals surface area contributed by atoms with Gasteiger partial charge in [0.25, 0.3) is 0 Å². The zero-order valence-electron chi connectivity index (χ0n) is 16.1. The maximum atomic E-state index is 12.5. The third-order valence-electron chi connectivity index (χ3n) is 3.81. The smallest absolute Gasteiger partial charge is 0.387 e. The van der Waals surface area contributed by atoms with Gasteiger partial charge in [-0.05, 0) is 6.07 Å². The van der Waals surface area contributed by atoms with Crippen molar-refractivity contribution in [2.75, 3.05) is 13.6 Å². The molecule has 1 aromatic carbocycles. The molecule has 0 aliphatic heterocycles. The zero-order chi connectivity index (χ0) is 19.9. The lowest BCUT2D eigenvalue weighted by Crippen LogP contribution is -2.38. The van der Waals surface area contributed by atoms with Crippen LogP contribution in [0.4, 0.5) is 8.78 Å². The number of nitrogens with one attached hydrogen (secondary N) is 2. The number of aromatic nitrogens is 1. The van der Waals surface area contributed by atoms with Crippen LogP contribution >= 0.6 is 11.3 Å². The molecule has 0 saturated heterocycles. The van der Waals surface area contributed by atoms with Crippen molar-refractivity contribution >= 4 is 17.3 Å². The number of guanidine groups is 1. The second kappa shape index (κ2) is 9.64. The van der Waals surface area contributed by atoms with Crippen LogP contribution in [0, 0.1) is 0 Å². The van der Waals surface area contributed by atoms with E-state index in [1.165, 1.54) is 6.07 Å². The lowest BCUT2D eigenvalue weighted by molar-refractivity contribution is -0.0504. The minimum absolute atomic E-state index is 0.0491. The molecule has 1 heterocycles. The van der Waals surface area contributed by atoms with Crippen molar-refractivity contribution in [3.8, 4) is 5.75 Å². The summed E-state index contributed by atoms with van der Waals surface area (Å²) < 4.78 is 29.5. The Hall–Kier alpha value is -2.22. The van der Waals surface area contributed by atoms with E-state index in [1.807, 2.05) is 0 Å². The van der Waals surface area contributed by atoms with Gasteiger partial charge in [0.1, 0.15) is 5.75 Å². The summed E-state index contributed by atoms with van der Waals surface area (Å²) in [4.78, 5) is 8.83. The molecular weight excluding hydrogens is 370 g/mol. The molecule has 2 aromatic rings. The van der Waals surface area contributed by atoms with E-state index >= 15 is 0 Å². The van der Waals surface area contributed by atoms with E-state index in [0.29, 0.717) is 24.6 Å². The van der Waals surface area contributed by atoms with Crippen molar-refractivity contribution in [2.24, 2.45) is 4.99 Å². The molecular formula is C19H26F2N4OS. The van der Waals surface area contributed by atoms with Gasteiger partial charge in [0.05, 0.1) is 10.7 Å². The molecule has 148 valence electrons. The number of ether oxygens (including phenoxy) is 1. The molecule has 0 bridgehead atoms. The van der Waals surface area contributed by atoms with Gasteiger partial charge in [-0.1, -0.05) is 39.0 Å². The van der Waals surface area contributed by atoms with Crippen molar-refractivity contribution in [3.05, 3.63) is 45.9 Å². The summed E-state index contributed by atoms with van der Waals surface area (Å²) in [6.07, 6.45) is 0.784. The number of para-hydroxylation sites is 1. The Morgan fingerprint density at radius 3 is 2.63 bits per heavy atom. The molecule has 8 heteroatoms. The lowest BCUT2D eigenvalue weighted by Gasteiger charge is -2.15. The van der Waals surface area contributed by atoms with Crippen molar-refractivity contribution in [1.29, 1.82) is 0 Å². The van der Waals surface area contributed by atoms with E-state index < -0.39 is 6.61 Å². The van der Waals surface area contributed by atoms with Crippen LogP contribution in [-0.2, 0) is 18.4 Å². The highest BCUT2D eigenvalue weighted by Gasteiger charge is 2.17. The number of aliphatic imine (C=N–C) groups is 1. The Morgan fingerprint density at radius 1 is 1.26 bits per heavy atom. The number of hydrogen-bond acceptors (Lipinski definition) is 4. The van der Waals surface area contributed by atoms with E-state index in [0.717, 1.165) is 17.1 Å². The standard InChI is InChI=1S/C19H26F2N4OS/c1-19(2,3)15-12-27-16(25-15)9-10-23-18(22-4)24-11-13-7-5-6-8-14(13)26-17(20)21/h5-8,12,17H,9-11H2,1-4H3,(H2,22,23,24). The predicted molar refractivity (Wildman–Crippen MR) is 106 cm³/mol. The summed E-state index contributed by atoms with van der Waals surface area (Å²) in [6, 6.07) is 6.70. The van der Waals surface area contributed by atoms with Crippen LogP contribution in [-0.4, -0.2) is 31.1 Å². The second-order valence-corrected chi connectivity index (χ2v) is 7.91. The summed E-state index contributed by atoms with van der Waals surface area (Å²) in [7, 11) is 1.66. The van der Waals surface area contributed by atoms with Crippen LogP contribution in [0.25, 0.3) is 0 Å². The quantitative estimate of drug-likeness (QED) is 0.550. The van der Waals surface area contributed by atoms with Gasteiger partial charge < -0.3 is 15.4 Å². The van der Waals surface area contributed by atoms with E-state index in [2.05, 4.69) is 51.5 Å². The summed E-state index contributed by atoms with van der Waals surface area (Å²) >= 11 is 1.65. The predicted octanol–water partition coefficient (Wildman–Crippen LogP) is 3.95. The molecule has 0 fully saturated rings. The van der Waals surface area contributed by atoms with Crippen LogP contribution in [0.15, 0.2) is 34.6 Å². The molecule has 27 heavy (non-hydrogen) atoms. The van der Waals surface area contributed by atoms with E-state index in [9.17, 15) is 8.78 Å². The number of thiazole rings is 1. The van der Waals surface area contributed by atoms with Crippen LogP contribution in [0.5, 0.6) is 5.75 Å². The van der Waals surface area contributed by atoms with Crippen molar-refractivity contribution < 1.29 is 13.5 Å². The molecule has 1 aromatic heterocycles. The summed E-state index contributed by atoms with van der Waals surface area (Å²) in [6.45, 7) is 4.59. The van der Waals surface area contributed by atoms with E-state index in [-0.39, 0.29) is 11.2 Å². The Bertz CT molecular complexity index is 756. The van der Waals surface area contributed by atoms with Gasteiger partial charge in [-0.3, -0.25) is 4.99 Å². The molecule has 5 nitrogen and oxygen atoms in total. The van der Waals surface area contributed by atoms with Gasteiger partial charge in [-0.15, -0.1) is 11.3 Å². The van der Waals surface area contributed by atoms with Gasteiger partial charge in [-0.2, -0.15) is 8.78 Å². The normalized spacial score (nSPS) is 12.3. The molecule has 0 aliphatic rings. The topological polar surface area (TPSA) is 58.5 Å². The van der Waals surface area contributed by atoms with Gasteiger partial charge in [0.15, 0.2) is 5.96 Å². The largest absolute Gasteiger partial charge is 0.434 e. The minimum atomic E-state index is -2.85. The van der Waals surface area contributed by atoms with Crippen LogP contribution in [0.3, 0.4) is 0 Å². The third kappa shape index (κ3) is 6.78. The summed E-state index contributed by atoms with van der Waals surface area (Å²) in [5.41, 5.74) is 1.78. The Kier molecular flexibility index (Phi) is 7.53. The first-order chi connectivity index (χ1) is 12.8. The van der Waals surface area contributed by atoms with Crippen molar-refractivity contribution in [1.82, 2.24) is 15.6 Å². The third-order valence-corrected chi connectivity index (χ3v) is 4.72. The minimum Gasteiger partial charge on any atom is -0.434 e. The molecule has 0 amide bonds. The molecule has 0 radical (unpaired) electrons. The number of halogens is 2. The molecule has 0 aliphatic carbocycles. The van der Waals surface area contributed by atoms with Crippen molar-refractivity contribution in [3.63, 3.8) is 0 Å². The van der Waals surface area contributed by atoms with Gasteiger partial charge >= 0.3 is 6.61 Å². The highest BCUT2D eigenvalue weighted by molar-refractivity contribution is 7.09. The Labute approximate surface area is 162 Å². The average Bonchev–Trinajstić information content (AvgIpc) is 3.08. The molecule has 0 saturated carbocycles. The molecule has 0 atom stereocenters. The van der Waals surface area contributed by atoms with Gasteiger partial charge in [-0.25, -0.2) is 4.98 Å². The van der Waals surface area contributed by atoms with Gasteiger partial charge in [0.2, 0.25) is 0 Å². The number of rotatable bonds is 7. The lowest BCUT2D eigenvalue weighted by atomic mass is 9.93. The first-order valence-corrected chi connectivity index (χ1v) is 9.59. The number of hydrogen-bond donors (Lipinski definition) is 2. The fourth-order valence-electron chi connectivity index (χ4n) is 2.32. The maximum Gasteiger partial charge on any atom is 0.387 e. The first kappa shape index (κ1) is 21.1. The second-order valence-electron chi connectivity index (χ2n) is 6.97. The fourth-order valence-corrected chi connectivity index (χ4v) is 3.34. The summed E-state index contributed by atoms with van der Waals surface area (Å²) in [5.74, 6) is 0.752. The molecule has 0 spiro atoms. The number of nitrogens with zero attached hydrogens (tertiary/aromatic N) is 2. The van der Waals surface area contributed by atoms with Gasteiger partial charge in [0, 0.05) is 42.9 Å². The SMILES string of the molecule is CN=C(NCCc1nc(C(C)(C)C)cs1)NCc1ccccc1OC(F)F. The number of alkyl halides is 2. The monoisotopic (exact) mass is 396 g/mol. The van der Waals surface area contributed by atoms with Crippen LogP contribution < -0.4 is 15.4 Å². The highest BCUT2D eigenvalue weighted by atomic mass is 32.1. The maximum absolute atomic E-state index is 12.5. The highest BCUT2D eigenvalue weighted by Crippen LogP contribution is 2.24. The van der Waals surface area contributed by atoms with Crippen LogP contribution in [0.2, 0.25) is 0 Å². The van der Waals surface area contributed by atoms with E-state index in [4.69, 9.17) is 0 Å². The molecule has 2 rings (SSSR count). The van der Waals surface area contributed by atoms with Crippen molar-refractivity contribution in [2.45, 2.75) is 45.8 Å². The first-order valence-electron chi connectivity index (χ1n) is 8.71. The zero-order valence-corrected chi connectivity index (χ0v) is 16.9. The fraction of sp³-hybridized carbons (Fsp3) is 0.474. The Morgan fingerprint density at radius 2 is 2.00 bits per heavy atom. The Balaban J connectivity index is 1.84. The van der Waals surface area contributed by atoms with E-state index in [1.54, 1.807) is 36.6 Å². The summed E-state index contributed by atoms with van der Waals surface area (Å²) in [5, 5.41) is 9.49. The molecule has 2 N–H and O–H groups in total. The average molecular weight is 397 g/mol. The van der Waals surface area contributed by atoms with Crippen LogP contribution in [0.1, 0.15) is 37.0 Å². The molecule has 0 unspecified atom stereocenters.